The summed E-state index contributed by atoms with van der Waals surface area (Å²) in [6, 6.07) is 15.6. The molecule has 1 amide bonds. The van der Waals surface area contributed by atoms with E-state index in [4.69, 9.17) is 9.47 Å². The molecular weight excluding hydrogens is 380 g/mol. The molecule has 30 heavy (non-hydrogen) atoms. The van der Waals surface area contributed by atoms with Crippen LogP contribution in [0.25, 0.3) is 0 Å². The number of nitrogens with zero attached hydrogens (tertiary/aromatic N) is 1. The molecule has 1 aliphatic rings. The Morgan fingerprint density at radius 3 is 2.70 bits per heavy atom. The van der Waals surface area contributed by atoms with E-state index >= 15 is 0 Å². The van der Waals surface area contributed by atoms with Crippen LogP contribution in [0.3, 0.4) is 0 Å². The molecule has 3 rings (SSSR count). The van der Waals surface area contributed by atoms with Gasteiger partial charge >= 0.3 is 0 Å². The Morgan fingerprint density at radius 2 is 1.87 bits per heavy atom. The van der Waals surface area contributed by atoms with Crippen molar-refractivity contribution in [3.63, 3.8) is 0 Å². The summed E-state index contributed by atoms with van der Waals surface area (Å²) in [6.07, 6.45) is 2.12. The first-order valence-corrected chi connectivity index (χ1v) is 10.5. The minimum Gasteiger partial charge on any atom is -0.494 e. The van der Waals surface area contributed by atoms with Gasteiger partial charge in [0.2, 0.25) is 5.91 Å². The van der Waals surface area contributed by atoms with Gasteiger partial charge in [0, 0.05) is 31.6 Å². The SMILES string of the molecule is CCNC(=NCCCOc1ccccc1)NCCOc1ccc2c(c1)CCC(=O)N2. The average Bonchev–Trinajstić information content (AvgIpc) is 2.77. The normalized spacial score (nSPS) is 13.2. The molecule has 0 unspecified atom stereocenters. The smallest absolute Gasteiger partial charge is 0.224 e. The maximum absolute atomic E-state index is 11.4. The number of ether oxygens (including phenoxy) is 2. The van der Waals surface area contributed by atoms with Crippen LogP contribution in [0.2, 0.25) is 0 Å². The van der Waals surface area contributed by atoms with Crippen molar-refractivity contribution in [3.8, 4) is 11.5 Å². The molecule has 1 heterocycles. The van der Waals surface area contributed by atoms with E-state index in [2.05, 4.69) is 20.9 Å². The van der Waals surface area contributed by atoms with Crippen molar-refractivity contribution in [1.82, 2.24) is 10.6 Å². The highest BCUT2D eigenvalue weighted by Crippen LogP contribution is 2.26. The van der Waals surface area contributed by atoms with Gasteiger partial charge in [0.25, 0.3) is 0 Å². The van der Waals surface area contributed by atoms with Crippen LogP contribution in [0.15, 0.2) is 53.5 Å². The molecule has 1 aliphatic heterocycles. The number of hydrogen-bond acceptors (Lipinski definition) is 4. The molecule has 3 N–H and O–H groups in total. The Morgan fingerprint density at radius 1 is 1.03 bits per heavy atom. The Kier molecular flexibility index (Phi) is 8.38. The van der Waals surface area contributed by atoms with Gasteiger partial charge < -0.3 is 25.4 Å². The van der Waals surface area contributed by atoms with Gasteiger partial charge in [-0.3, -0.25) is 9.79 Å². The largest absolute Gasteiger partial charge is 0.494 e. The van der Waals surface area contributed by atoms with E-state index < -0.39 is 0 Å². The van der Waals surface area contributed by atoms with Gasteiger partial charge in [0.1, 0.15) is 18.1 Å². The van der Waals surface area contributed by atoms with Crippen molar-refractivity contribution in [1.29, 1.82) is 0 Å². The van der Waals surface area contributed by atoms with E-state index in [0.717, 1.165) is 48.1 Å². The van der Waals surface area contributed by atoms with E-state index in [0.29, 0.717) is 32.7 Å². The number of amides is 1. The predicted octanol–water partition coefficient (Wildman–Crippen LogP) is 2.97. The zero-order chi connectivity index (χ0) is 21.0. The molecule has 160 valence electrons. The summed E-state index contributed by atoms with van der Waals surface area (Å²) >= 11 is 0. The minimum atomic E-state index is 0.0715. The third-order valence-corrected chi connectivity index (χ3v) is 4.56. The third-order valence-electron chi connectivity index (χ3n) is 4.56. The fourth-order valence-corrected chi connectivity index (χ4v) is 3.09. The highest BCUT2D eigenvalue weighted by Gasteiger charge is 2.14. The van der Waals surface area contributed by atoms with Crippen molar-refractivity contribution in [2.75, 3.05) is 38.2 Å². The van der Waals surface area contributed by atoms with Crippen molar-refractivity contribution in [2.45, 2.75) is 26.2 Å². The topological polar surface area (TPSA) is 84.0 Å². The summed E-state index contributed by atoms with van der Waals surface area (Å²) in [6.45, 7) is 5.31. The zero-order valence-corrected chi connectivity index (χ0v) is 17.4. The number of para-hydroxylation sites is 1. The Bertz CT molecular complexity index is 840. The number of fused-ring (bicyclic) bond motifs is 1. The first-order valence-electron chi connectivity index (χ1n) is 10.5. The number of anilines is 1. The molecule has 0 aliphatic carbocycles. The number of rotatable bonds is 10. The lowest BCUT2D eigenvalue weighted by atomic mass is 10.0. The number of carbonyl (C=O) groups excluding carboxylic acids is 1. The van der Waals surface area contributed by atoms with Crippen LogP contribution in [0.4, 0.5) is 5.69 Å². The van der Waals surface area contributed by atoms with Crippen LogP contribution in [-0.4, -0.2) is 44.7 Å². The highest BCUT2D eigenvalue weighted by molar-refractivity contribution is 5.94. The van der Waals surface area contributed by atoms with Crippen LogP contribution in [0.5, 0.6) is 11.5 Å². The molecule has 0 saturated carbocycles. The van der Waals surface area contributed by atoms with Crippen molar-refractivity contribution < 1.29 is 14.3 Å². The molecule has 2 aromatic rings. The van der Waals surface area contributed by atoms with Gasteiger partial charge in [-0.05, 0) is 49.2 Å². The number of aryl methyl sites for hydroxylation is 1. The molecule has 7 nitrogen and oxygen atoms in total. The van der Waals surface area contributed by atoms with Gasteiger partial charge in [0.15, 0.2) is 5.96 Å². The Hall–Kier alpha value is -3.22. The second-order valence-corrected chi connectivity index (χ2v) is 6.92. The number of hydrogen-bond donors (Lipinski definition) is 3. The number of nitrogens with one attached hydrogen (secondary N) is 3. The second-order valence-electron chi connectivity index (χ2n) is 6.92. The fourth-order valence-electron chi connectivity index (χ4n) is 3.09. The van der Waals surface area contributed by atoms with Gasteiger partial charge in [-0.15, -0.1) is 0 Å². The lowest BCUT2D eigenvalue weighted by Crippen LogP contribution is -2.39. The minimum absolute atomic E-state index is 0.0715. The van der Waals surface area contributed by atoms with Crippen LogP contribution in [0.1, 0.15) is 25.3 Å². The quantitative estimate of drug-likeness (QED) is 0.319. The summed E-state index contributed by atoms with van der Waals surface area (Å²) in [7, 11) is 0. The molecule has 0 atom stereocenters. The number of benzene rings is 2. The van der Waals surface area contributed by atoms with E-state index in [1.54, 1.807) is 0 Å². The zero-order valence-electron chi connectivity index (χ0n) is 17.4. The van der Waals surface area contributed by atoms with Crippen LogP contribution in [0, 0.1) is 0 Å². The lowest BCUT2D eigenvalue weighted by molar-refractivity contribution is -0.116. The molecule has 0 saturated heterocycles. The first-order chi connectivity index (χ1) is 14.7. The standard InChI is InChI=1S/C23H30N4O3/c1-2-24-23(25-13-6-15-29-19-7-4-3-5-8-19)26-14-16-30-20-10-11-21-18(17-20)9-12-22(28)27-21/h3-5,7-8,10-11,17H,2,6,9,12-16H2,1H3,(H,27,28)(H2,24,25,26). The van der Waals surface area contributed by atoms with Gasteiger partial charge in [0.05, 0.1) is 13.2 Å². The maximum atomic E-state index is 11.4. The van der Waals surface area contributed by atoms with Crippen molar-refractivity contribution in [3.05, 3.63) is 54.1 Å². The highest BCUT2D eigenvalue weighted by atomic mass is 16.5. The maximum Gasteiger partial charge on any atom is 0.224 e. The summed E-state index contributed by atoms with van der Waals surface area (Å²) in [4.78, 5) is 16.0. The third kappa shape index (κ3) is 6.99. The predicted molar refractivity (Wildman–Crippen MR) is 119 cm³/mol. The molecular formula is C23H30N4O3. The summed E-state index contributed by atoms with van der Waals surface area (Å²) in [5.74, 6) is 2.54. The molecule has 0 radical (unpaired) electrons. The van der Waals surface area contributed by atoms with Gasteiger partial charge in [-0.1, -0.05) is 18.2 Å². The average molecular weight is 411 g/mol. The number of guanidine groups is 1. The molecule has 0 spiro atoms. The van der Waals surface area contributed by atoms with Crippen LogP contribution < -0.4 is 25.4 Å². The fraction of sp³-hybridized carbons (Fsp3) is 0.391. The molecule has 7 heteroatoms. The van der Waals surface area contributed by atoms with Crippen LogP contribution >= 0.6 is 0 Å². The molecule has 0 fully saturated rings. The Balaban J connectivity index is 1.36. The van der Waals surface area contributed by atoms with Gasteiger partial charge in [-0.25, -0.2) is 0 Å². The van der Waals surface area contributed by atoms with E-state index in [-0.39, 0.29) is 5.91 Å². The van der Waals surface area contributed by atoms with Gasteiger partial charge in [-0.2, -0.15) is 0 Å². The number of carbonyl (C=O) groups is 1. The van der Waals surface area contributed by atoms with E-state index in [9.17, 15) is 4.79 Å². The lowest BCUT2D eigenvalue weighted by Gasteiger charge is -2.18. The van der Waals surface area contributed by atoms with E-state index in [1.807, 2.05) is 55.5 Å². The summed E-state index contributed by atoms with van der Waals surface area (Å²) < 4.78 is 11.5. The molecule has 0 aromatic heterocycles. The molecule has 2 aromatic carbocycles. The van der Waals surface area contributed by atoms with E-state index in [1.165, 1.54) is 0 Å². The molecule has 0 bridgehead atoms. The van der Waals surface area contributed by atoms with Crippen molar-refractivity contribution in [2.24, 2.45) is 4.99 Å². The number of aliphatic imine (C=N–C) groups is 1. The first kappa shape index (κ1) is 21.5. The summed E-state index contributed by atoms with van der Waals surface area (Å²) in [5.41, 5.74) is 2.00. The van der Waals surface area contributed by atoms with Crippen LogP contribution in [-0.2, 0) is 11.2 Å². The van der Waals surface area contributed by atoms with Crippen molar-refractivity contribution >= 4 is 17.6 Å². The summed E-state index contributed by atoms with van der Waals surface area (Å²) in [5, 5.41) is 9.40. The monoisotopic (exact) mass is 410 g/mol. The second kappa shape index (κ2) is 11.7. The Labute approximate surface area is 177 Å².